The summed E-state index contributed by atoms with van der Waals surface area (Å²) < 4.78 is 2.66. The zero-order valence-electron chi connectivity index (χ0n) is 7.14. The number of nitrogens with zero attached hydrogens (tertiary/aromatic N) is 1. The van der Waals surface area contributed by atoms with E-state index < -0.39 is 0 Å². The Kier molecular flexibility index (Phi) is 3.65. The lowest BCUT2D eigenvalue weighted by molar-refractivity contribution is 0.508. The Morgan fingerprint density at radius 3 is 2.00 bits per heavy atom. The molecule has 0 bridgehead atoms. The largest absolute Gasteiger partial charge is 0.282 e. The average molecular weight is 159 g/mol. The molecule has 0 aliphatic carbocycles. The molecule has 0 saturated carbocycles. The van der Waals surface area contributed by atoms with Crippen molar-refractivity contribution >= 4 is 8.07 Å². The van der Waals surface area contributed by atoms with E-state index in [9.17, 15) is 0 Å². The van der Waals surface area contributed by atoms with Crippen molar-refractivity contribution in [3.63, 3.8) is 0 Å². The van der Waals surface area contributed by atoms with E-state index in [4.69, 9.17) is 0 Å². The zero-order chi connectivity index (χ0) is 7.40. The number of rotatable bonds is 3. The van der Waals surface area contributed by atoms with Crippen molar-refractivity contribution in [3.05, 3.63) is 0 Å². The Balaban J connectivity index is 2.29. The van der Waals surface area contributed by atoms with Gasteiger partial charge in [-0.25, -0.2) is 0 Å². The summed E-state index contributed by atoms with van der Waals surface area (Å²) in [6.45, 7) is 7.10. The van der Waals surface area contributed by atoms with Crippen molar-refractivity contribution in [2.24, 2.45) is 0 Å². The second-order valence-corrected chi connectivity index (χ2v) is 5.27. The highest BCUT2D eigenvalue weighted by molar-refractivity contribution is 7.55. The molecule has 0 unspecified atom stereocenters. The minimum absolute atomic E-state index is 0.325. The Hall–Kier alpha value is 0.390. The third kappa shape index (κ3) is 1.93. The maximum absolute atomic E-state index is 2.66. The van der Waals surface area contributed by atoms with Crippen LogP contribution < -0.4 is 0 Å². The zero-order valence-corrected chi connectivity index (χ0v) is 8.03. The van der Waals surface area contributed by atoms with Crippen LogP contribution in [-0.4, -0.2) is 30.1 Å². The molecule has 60 valence electrons. The molecule has 10 heavy (non-hydrogen) atoms. The predicted octanol–water partition coefficient (Wildman–Crippen LogP) is 2.52. The first kappa shape index (κ1) is 8.49. The van der Waals surface area contributed by atoms with Crippen molar-refractivity contribution in [3.8, 4) is 0 Å². The molecule has 1 heterocycles. The highest BCUT2D eigenvalue weighted by atomic mass is 31.1. The maximum Gasteiger partial charge on any atom is -0.000766 e. The van der Waals surface area contributed by atoms with Gasteiger partial charge in [0.1, 0.15) is 0 Å². The van der Waals surface area contributed by atoms with E-state index in [0.29, 0.717) is 8.07 Å². The van der Waals surface area contributed by atoms with Gasteiger partial charge in [0.05, 0.1) is 0 Å². The molecule has 0 aromatic heterocycles. The molecule has 0 aromatic carbocycles. The Labute approximate surface area is 65.6 Å². The first-order chi connectivity index (χ1) is 4.88. The molecule has 0 atom stereocenters. The van der Waals surface area contributed by atoms with Crippen LogP contribution in [0.2, 0.25) is 0 Å². The molecule has 1 aliphatic heterocycles. The van der Waals surface area contributed by atoms with Gasteiger partial charge in [0, 0.05) is 0 Å². The van der Waals surface area contributed by atoms with Crippen LogP contribution in [0.15, 0.2) is 0 Å². The van der Waals surface area contributed by atoms with Crippen molar-refractivity contribution in [1.29, 1.82) is 0 Å². The highest BCUT2D eigenvalue weighted by Gasteiger charge is 2.18. The lowest BCUT2D eigenvalue weighted by Gasteiger charge is -2.25. The molecule has 0 aromatic rings. The summed E-state index contributed by atoms with van der Waals surface area (Å²) in [6.07, 6.45) is 6.00. The smallest absolute Gasteiger partial charge is 0.000766 e. The van der Waals surface area contributed by atoms with Crippen molar-refractivity contribution in [2.75, 3.05) is 25.4 Å². The van der Waals surface area contributed by atoms with Gasteiger partial charge >= 0.3 is 0 Å². The van der Waals surface area contributed by atoms with Crippen LogP contribution in [0.25, 0.3) is 0 Å². The van der Waals surface area contributed by atoms with Crippen molar-refractivity contribution < 1.29 is 0 Å². The fourth-order valence-electron chi connectivity index (χ4n) is 1.61. The second kappa shape index (κ2) is 4.31. The van der Waals surface area contributed by atoms with Gasteiger partial charge in [0.25, 0.3) is 0 Å². The first-order valence-electron chi connectivity index (χ1n) is 4.38. The van der Waals surface area contributed by atoms with E-state index >= 15 is 0 Å². The lowest BCUT2D eigenvalue weighted by atomic mass is 10.4. The van der Waals surface area contributed by atoms with Crippen LogP contribution in [0.5, 0.6) is 0 Å². The quantitative estimate of drug-likeness (QED) is 0.572. The van der Waals surface area contributed by atoms with E-state index in [1.165, 1.54) is 38.3 Å². The van der Waals surface area contributed by atoms with Crippen LogP contribution >= 0.6 is 8.07 Å². The lowest BCUT2D eigenvalue weighted by Crippen LogP contribution is -2.17. The fourth-order valence-corrected chi connectivity index (χ4v) is 4.37. The van der Waals surface area contributed by atoms with Gasteiger partial charge in [0.15, 0.2) is 0 Å². The van der Waals surface area contributed by atoms with Crippen molar-refractivity contribution in [2.45, 2.75) is 26.7 Å². The Morgan fingerprint density at radius 1 is 1.10 bits per heavy atom. The van der Waals surface area contributed by atoms with E-state index in [1.807, 2.05) is 0 Å². The first-order valence-corrected chi connectivity index (χ1v) is 6.04. The van der Waals surface area contributed by atoms with E-state index in [-0.39, 0.29) is 0 Å². The molecule has 0 N–H and O–H groups in total. The molecular formula is C8H18NP. The molecule has 0 radical (unpaired) electrons. The van der Waals surface area contributed by atoms with Gasteiger partial charge < -0.3 is 0 Å². The molecule has 1 nitrogen and oxygen atoms in total. The monoisotopic (exact) mass is 159 g/mol. The Bertz CT molecular complexity index is 85.3. The third-order valence-electron chi connectivity index (χ3n) is 2.21. The molecule has 2 heteroatoms. The Morgan fingerprint density at radius 2 is 1.60 bits per heavy atom. The summed E-state index contributed by atoms with van der Waals surface area (Å²) in [7, 11) is 0.325. The molecule has 1 rings (SSSR count). The van der Waals surface area contributed by atoms with Gasteiger partial charge in [-0.2, -0.15) is 0 Å². The van der Waals surface area contributed by atoms with Gasteiger partial charge in [-0.05, 0) is 46.3 Å². The van der Waals surface area contributed by atoms with Crippen LogP contribution in [-0.2, 0) is 0 Å². The minimum Gasteiger partial charge on any atom is -0.282 e. The number of hydrogen-bond donors (Lipinski definition) is 0. The minimum atomic E-state index is 0.325. The molecule has 1 fully saturated rings. The predicted molar refractivity (Wildman–Crippen MR) is 48.8 cm³/mol. The summed E-state index contributed by atoms with van der Waals surface area (Å²) in [6, 6.07) is 0. The van der Waals surface area contributed by atoms with E-state index in [2.05, 4.69) is 18.5 Å². The van der Waals surface area contributed by atoms with E-state index in [1.54, 1.807) is 0 Å². The van der Waals surface area contributed by atoms with Gasteiger partial charge in [-0.15, -0.1) is 0 Å². The van der Waals surface area contributed by atoms with Gasteiger partial charge in [-0.3, -0.25) is 4.67 Å². The second-order valence-electron chi connectivity index (χ2n) is 2.80. The molecule has 0 spiro atoms. The van der Waals surface area contributed by atoms with E-state index in [0.717, 1.165) is 0 Å². The van der Waals surface area contributed by atoms with Crippen LogP contribution in [0.4, 0.5) is 0 Å². The van der Waals surface area contributed by atoms with Gasteiger partial charge in [-0.1, -0.05) is 13.8 Å². The number of hydrogen-bond acceptors (Lipinski definition) is 1. The third-order valence-corrected chi connectivity index (χ3v) is 5.24. The van der Waals surface area contributed by atoms with Crippen LogP contribution in [0, 0.1) is 0 Å². The molecule has 1 aliphatic rings. The maximum atomic E-state index is 2.66. The molecule has 0 amide bonds. The van der Waals surface area contributed by atoms with Crippen LogP contribution in [0.3, 0.4) is 0 Å². The van der Waals surface area contributed by atoms with Crippen molar-refractivity contribution in [1.82, 2.24) is 4.67 Å². The molecule has 1 saturated heterocycles. The summed E-state index contributed by atoms with van der Waals surface area (Å²) in [5.74, 6) is 0. The highest BCUT2D eigenvalue weighted by Crippen LogP contribution is 2.46. The normalized spacial score (nSPS) is 20.7. The average Bonchev–Trinajstić information content (AvgIpc) is 2.43. The summed E-state index contributed by atoms with van der Waals surface area (Å²) >= 11 is 0. The fraction of sp³-hybridized carbons (Fsp3) is 1.00. The van der Waals surface area contributed by atoms with Gasteiger partial charge in [0.2, 0.25) is 0 Å². The SMILES string of the molecule is CCN(CC)P1CCCC1. The topological polar surface area (TPSA) is 3.24 Å². The molecular weight excluding hydrogens is 141 g/mol. The summed E-state index contributed by atoms with van der Waals surface area (Å²) in [4.78, 5) is 0. The standard InChI is InChI=1S/C8H18NP/c1-3-9(4-2)10-7-5-6-8-10/h3-8H2,1-2H3. The van der Waals surface area contributed by atoms with Crippen LogP contribution in [0.1, 0.15) is 26.7 Å². The summed E-state index contributed by atoms with van der Waals surface area (Å²) in [5, 5.41) is 0. The summed E-state index contributed by atoms with van der Waals surface area (Å²) in [5.41, 5.74) is 0.